The van der Waals surface area contributed by atoms with Crippen LogP contribution in [0.3, 0.4) is 0 Å². The minimum absolute atomic E-state index is 0.0446. The van der Waals surface area contributed by atoms with Crippen molar-refractivity contribution in [3.8, 4) is 11.1 Å². The Labute approximate surface area is 266 Å². The highest BCUT2D eigenvalue weighted by Gasteiger charge is 2.39. The summed E-state index contributed by atoms with van der Waals surface area (Å²) in [5, 5.41) is 10.1. The van der Waals surface area contributed by atoms with Gasteiger partial charge in [0.15, 0.2) is 0 Å². The first-order chi connectivity index (χ1) is 21.9. The first-order valence-electron chi connectivity index (χ1n) is 15.2. The normalized spacial score (nSPS) is 17.4. The van der Waals surface area contributed by atoms with Crippen LogP contribution in [0.5, 0.6) is 0 Å². The number of urea groups is 1. The van der Waals surface area contributed by atoms with Crippen molar-refractivity contribution in [1.29, 1.82) is 0 Å². The number of fused-ring (bicyclic) bond motifs is 2. The van der Waals surface area contributed by atoms with E-state index in [9.17, 15) is 23.1 Å². The van der Waals surface area contributed by atoms with Gasteiger partial charge in [0.1, 0.15) is 5.76 Å². The zero-order valence-corrected chi connectivity index (χ0v) is 25.7. The number of alkyl halides is 3. The van der Waals surface area contributed by atoms with E-state index in [4.69, 9.17) is 4.42 Å². The van der Waals surface area contributed by atoms with Crippen LogP contribution in [-0.4, -0.2) is 22.1 Å². The van der Waals surface area contributed by atoms with Crippen molar-refractivity contribution in [2.75, 3.05) is 4.90 Å². The van der Waals surface area contributed by atoms with Crippen LogP contribution in [0, 0.1) is 5.92 Å². The molecular weight excluding hydrogens is 589 g/mol. The van der Waals surface area contributed by atoms with Crippen LogP contribution in [0.4, 0.5) is 23.7 Å². The number of rotatable bonds is 7. The van der Waals surface area contributed by atoms with Crippen LogP contribution >= 0.6 is 0 Å². The van der Waals surface area contributed by atoms with E-state index in [2.05, 4.69) is 12.7 Å². The summed E-state index contributed by atoms with van der Waals surface area (Å²) in [7, 11) is 0. The van der Waals surface area contributed by atoms with Gasteiger partial charge in [0, 0.05) is 23.6 Å². The molecule has 46 heavy (non-hydrogen) atoms. The smallest absolute Gasteiger partial charge is 0.449 e. The highest BCUT2D eigenvalue weighted by atomic mass is 19.4. The van der Waals surface area contributed by atoms with Crippen molar-refractivity contribution in [1.82, 2.24) is 4.90 Å². The third kappa shape index (κ3) is 6.12. The maximum Gasteiger partial charge on any atom is 0.449 e. The lowest BCUT2D eigenvalue weighted by atomic mass is 9.82. The summed E-state index contributed by atoms with van der Waals surface area (Å²) >= 11 is 0. The molecule has 2 unspecified atom stereocenters. The van der Waals surface area contributed by atoms with Crippen LogP contribution in [0.2, 0.25) is 0 Å². The van der Waals surface area contributed by atoms with Gasteiger partial charge in [0.2, 0.25) is 5.76 Å². The lowest BCUT2D eigenvalue weighted by Crippen LogP contribution is -2.52. The average Bonchev–Trinajstić information content (AvgIpc) is 3.53. The van der Waals surface area contributed by atoms with Gasteiger partial charge < -0.3 is 14.4 Å². The summed E-state index contributed by atoms with van der Waals surface area (Å²) in [6.07, 6.45) is 4.16. The molecular formula is C38H35F3N2O3. The monoisotopic (exact) mass is 624 g/mol. The van der Waals surface area contributed by atoms with Crippen LogP contribution < -0.4 is 4.90 Å². The summed E-state index contributed by atoms with van der Waals surface area (Å²) in [5.41, 5.74) is 4.82. The molecule has 3 aromatic carbocycles. The largest absolute Gasteiger partial charge is 0.512 e. The fraction of sp³-hybridized carbons (Fsp3) is 0.237. The van der Waals surface area contributed by atoms with Gasteiger partial charge in [-0.15, -0.1) is 0 Å². The number of allylic oxidation sites excluding steroid dienone is 3. The summed E-state index contributed by atoms with van der Waals surface area (Å²) in [6.45, 7) is 7.53. The Morgan fingerprint density at radius 1 is 0.935 bits per heavy atom. The van der Waals surface area contributed by atoms with Gasteiger partial charge in [-0.3, -0.25) is 4.90 Å². The summed E-state index contributed by atoms with van der Waals surface area (Å²) < 4.78 is 45.3. The quantitative estimate of drug-likeness (QED) is 0.208. The molecule has 0 saturated carbocycles. The fourth-order valence-electron chi connectivity index (χ4n) is 6.10. The minimum atomic E-state index is -4.63. The number of anilines is 1. The first kappa shape index (κ1) is 31.0. The van der Waals surface area contributed by atoms with E-state index in [1.165, 1.54) is 11.0 Å². The molecule has 2 heterocycles. The van der Waals surface area contributed by atoms with Crippen molar-refractivity contribution < 1.29 is 27.5 Å². The van der Waals surface area contributed by atoms with Crippen molar-refractivity contribution in [2.24, 2.45) is 5.92 Å². The molecule has 2 amide bonds. The average molecular weight is 625 g/mol. The molecule has 1 N–H and O–H groups in total. The topological polar surface area (TPSA) is 56.9 Å². The van der Waals surface area contributed by atoms with E-state index in [1.807, 2.05) is 105 Å². The third-order valence-corrected chi connectivity index (χ3v) is 8.95. The standard InChI is InChI=1S/C38H35F3N2O3/c1-25(44)37(2,3)31-12-8-11-28(22-31)27-17-15-26(16-18-27)23-42(24-32-19-20-35(46-32)38(39,40)41)36(45)43-33-13-6-4-9-29(33)21-30-10-5-7-14-34(30)43/h4-20,22,29,33,44H,1,21,23-24H2,2-3H3. The molecule has 2 aliphatic rings. The van der Waals surface area contributed by atoms with Crippen molar-refractivity contribution in [3.05, 3.63) is 150 Å². The highest BCUT2D eigenvalue weighted by molar-refractivity contribution is 5.94. The molecule has 0 spiro atoms. The predicted molar refractivity (Wildman–Crippen MR) is 173 cm³/mol. The van der Waals surface area contributed by atoms with Crippen LogP contribution in [0.25, 0.3) is 11.1 Å². The number of amides is 2. The Kier molecular flexibility index (Phi) is 8.15. The van der Waals surface area contributed by atoms with E-state index in [1.54, 1.807) is 4.90 Å². The Hall–Kier alpha value is -4.98. The summed E-state index contributed by atoms with van der Waals surface area (Å²) in [4.78, 5) is 17.8. The van der Waals surface area contributed by atoms with Gasteiger partial charge in [-0.25, -0.2) is 4.79 Å². The summed E-state index contributed by atoms with van der Waals surface area (Å²) in [6, 6.07) is 25.0. The van der Waals surface area contributed by atoms with E-state index in [0.717, 1.165) is 46.0 Å². The summed E-state index contributed by atoms with van der Waals surface area (Å²) in [5.74, 6) is -0.901. The van der Waals surface area contributed by atoms with Crippen LogP contribution in [0.15, 0.2) is 126 Å². The number of aliphatic hydroxyl groups is 1. The molecule has 5 nitrogen and oxygen atoms in total. The molecule has 4 aromatic rings. The van der Waals surface area contributed by atoms with E-state index >= 15 is 0 Å². The molecule has 1 aliphatic heterocycles. The van der Waals surface area contributed by atoms with Crippen molar-refractivity contribution >= 4 is 11.7 Å². The van der Waals surface area contributed by atoms with Gasteiger partial charge in [-0.2, -0.15) is 13.2 Å². The molecule has 0 radical (unpaired) electrons. The number of aliphatic hydroxyl groups excluding tert-OH is 1. The fourth-order valence-corrected chi connectivity index (χ4v) is 6.10. The van der Waals surface area contributed by atoms with Crippen molar-refractivity contribution in [2.45, 2.75) is 51.0 Å². The Balaban J connectivity index is 1.32. The molecule has 6 rings (SSSR count). The zero-order valence-electron chi connectivity index (χ0n) is 25.7. The Bertz CT molecular complexity index is 1820. The number of hydrogen-bond acceptors (Lipinski definition) is 3. The first-order valence-corrected chi connectivity index (χ1v) is 15.2. The molecule has 0 saturated heterocycles. The molecule has 8 heteroatoms. The van der Waals surface area contributed by atoms with Crippen LogP contribution in [0.1, 0.15) is 42.1 Å². The van der Waals surface area contributed by atoms with Gasteiger partial charge in [0.05, 0.1) is 18.3 Å². The van der Waals surface area contributed by atoms with E-state index in [0.29, 0.717) is 0 Å². The van der Waals surface area contributed by atoms with Gasteiger partial charge in [-0.05, 0) is 66.3 Å². The van der Waals surface area contributed by atoms with Crippen molar-refractivity contribution in [3.63, 3.8) is 0 Å². The number of furan rings is 1. The molecule has 0 bridgehead atoms. The highest BCUT2D eigenvalue weighted by Crippen LogP contribution is 2.38. The SMILES string of the molecule is C=C(O)C(C)(C)c1cccc(-c2ccc(CN(Cc3ccc(C(F)(F)F)o3)C(=O)N3c4ccccc4CC4C=CC=CC43)cc2)c1. The molecule has 2 atom stereocenters. The maximum absolute atomic E-state index is 14.5. The van der Waals surface area contributed by atoms with Gasteiger partial charge in [-0.1, -0.05) is 97.6 Å². The molecule has 1 aromatic heterocycles. The molecule has 236 valence electrons. The van der Waals surface area contributed by atoms with Gasteiger partial charge >= 0.3 is 12.2 Å². The molecule has 0 fully saturated rings. The van der Waals surface area contributed by atoms with E-state index < -0.39 is 17.4 Å². The number of para-hydroxylation sites is 1. The molecule has 1 aliphatic carbocycles. The van der Waals surface area contributed by atoms with Crippen LogP contribution in [-0.2, 0) is 31.1 Å². The second kappa shape index (κ2) is 12.1. The second-order valence-electron chi connectivity index (χ2n) is 12.4. The maximum atomic E-state index is 14.5. The zero-order chi connectivity index (χ0) is 32.6. The number of nitrogens with zero attached hydrogens (tertiary/aromatic N) is 2. The predicted octanol–water partition coefficient (Wildman–Crippen LogP) is 9.61. The number of halogens is 3. The Morgan fingerprint density at radius 3 is 2.39 bits per heavy atom. The lowest BCUT2D eigenvalue weighted by Gasteiger charge is -2.43. The number of carbonyl (C=O) groups is 1. The lowest BCUT2D eigenvalue weighted by molar-refractivity contribution is -0.153. The Morgan fingerprint density at radius 2 is 1.67 bits per heavy atom. The van der Waals surface area contributed by atoms with E-state index in [-0.39, 0.29) is 42.6 Å². The second-order valence-corrected chi connectivity index (χ2v) is 12.4. The number of carbonyl (C=O) groups excluding carboxylic acids is 1. The minimum Gasteiger partial charge on any atom is -0.512 e. The third-order valence-electron chi connectivity index (χ3n) is 8.95. The number of benzene rings is 3. The van der Waals surface area contributed by atoms with Gasteiger partial charge in [0.25, 0.3) is 0 Å². The number of hydrogen-bond donors (Lipinski definition) is 1.